The maximum absolute atomic E-state index is 13.3. The molecule has 0 spiro atoms. The van der Waals surface area contributed by atoms with E-state index in [4.69, 9.17) is 4.98 Å². The number of hydrogen-bond donors (Lipinski definition) is 0. The molecule has 0 radical (unpaired) electrons. The average molecular weight is 407 g/mol. The second-order valence-corrected chi connectivity index (χ2v) is 8.13. The number of rotatable bonds is 4. The van der Waals surface area contributed by atoms with Crippen LogP contribution in [0, 0.1) is 33.5 Å². The summed E-state index contributed by atoms with van der Waals surface area (Å²) in [4.78, 5) is 19.8. The third-order valence-electron chi connectivity index (χ3n) is 6.09. The average Bonchev–Trinajstić information content (AvgIpc) is 3.30. The number of aromatic nitrogens is 3. The minimum absolute atomic E-state index is 0.0466. The summed E-state index contributed by atoms with van der Waals surface area (Å²) in [6.45, 7) is 8.93. The summed E-state index contributed by atoms with van der Waals surface area (Å²) in [5, 5.41) is 4.52. The molecule has 0 bridgehead atoms. The molecule has 0 aliphatic carbocycles. The number of halogens is 1. The number of benzene rings is 1. The highest BCUT2D eigenvalue weighted by Gasteiger charge is 2.31. The maximum Gasteiger partial charge on any atom is 0.244 e. The minimum atomic E-state index is -0.253. The lowest BCUT2D eigenvalue weighted by Gasteiger charge is -2.25. The second kappa shape index (κ2) is 8.01. The molecule has 3 heterocycles. The summed E-state index contributed by atoms with van der Waals surface area (Å²) < 4.78 is 15.1. The summed E-state index contributed by atoms with van der Waals surface area (Å²) in [7, 11) is 0. The Hall–Kier alpha value is -3.02. The molecule has 1 fully saturated rings. The van der Waals surface area contributed by atoms with E-state index < -0.39 is 0 Å². The van der Waals surface area contributed by atoms with Gasteiger partial charge in [-0.1, -0.05) is 12.1 Å². The normalized spacial score (nSPS) is 16.3. The molecule has 1 aliphatic rings. The Morgan fingerprint density at radius 3 is 2.50 bits per heavy atom. The number of carbonyl (C=O) groups excluding carboxylic acids is 1. The minimum Gasteiger partial charge on any atom is -0.332 e. The Labute approximate surface area is 176 Å². The van der Waals surface area contributed by atoms with E-state index in [9.17, 15) is 9.18 Å². The van der Waals surface area contributed by atoms with Crippen LogP contribution >= 0.6 is 0 Å². The smallest absolute Gasteiger partial charge is 0.244 e. The number of hydrogen-bond acceptors (Lipinski definition) is 3. The van der Waals surface area contributed by atoms with Crippen molar-refractivity contribution in [2.24, 2.45) is 0 Å². The lowest BCUT2D eigenvalue weighted by atomic mass is 10.0. The quantitative estimate of drug-likeness (QED) is 0.632. The van der Waals surface area contributed by atoms with Crippen LogP contribution in [0.4, 0.5) is 4.39 Å². The van der Waals surface area contributed by atoms with Crippen molar-refractivity contribution in [3.63, 3.8) is 0 Å². The highest BCUT2D eigenvalue weighted by Crippen LogP contribution is 2.33. The van der Waals surface area contributed by atoms with Gasteiger partial charge in [0.15, 0.2) is 0 Å². The molecular weight excluding hydrogens is 379 g/mol. The van der Waals surface area contributed by atoms with Crippen LogP contribution in [0.25, 0.3) is 11.1 Å². The first-order valence-corrected chi connectivity index (χ1v) is 10.4. The largest absolute Gasteiger partial charge is 0.332 e. The maximum atomic E-state index is 13.3. The van der Waals surface area contributed by atoms with Crippen molar-refractivity contribution in [1.29, 1.82) is 0 Å². The molecule has 4 rings (SSSR count). The highest BCUT2D eigenvalue weighted by atomic mass is 19.1. The Balaban J connectivity index is 1.60. The molecule has 30 heavy (non-hydrogen) atoms. The summed E-state index contributed by atoms with van der Waals surface area (Å²) >= 11 is 0. The van der Waals surface area contributed by atoms with Crippen molar-refractivity contribution < 1.29 is 9.18 Å². The first-order valence-electron chi connectivity index (χ1n) is 10.4. The van der Waals surface area contributed by atoms with Gasteiger partial charge in [0.05, 0.1) is 17.4 Å². The van der Waals surface area contributed by atoms with Crippen LogP contribution in [-0.4, -0.2) is 32.1 Å². The Kier molecular flexibility index (Phi) is 5.41. The lowest BCUT2D eigenvalue weighted by molar-refractivity contribution is -0.133. The van der Waals surface area contributed by atoms with Crippen LogP contribution in [-0.2, 0) is 11.3 Å². The third kappa shape index (κ3) is 3.86. The number of carbonyl (C=O) groups is 1. The van der Waals surface area contributed by atoms with Gasteiger partial charge in [-0.3, -0.25) is 14.5 Å². The van der Waals surface area contributed by atoms with Crippen molar-refractivity contribution in [1.82, 2.24) is 19.7 Å². The lowest BCUT2D eigenvalue weighted by Crippen LogP contribution is -2.34. The molecule has 1 aromatic carbocycles. The van der Waals surface area contributed by atoms with Crippen molar-refractivity contribution in [3.8, 4) is 11.1 Å². The Morgan fingerprint density at radius 2 is 1.83 bits per heavy atom. The number of pyridine rings is 1. The van der Waals surface area contributed by atoms with E-state index >= 15 is 0 Å². The zero-order chi connectivity index (χ0) is 21.4. The monoisotopic (exact) mass is 406 g/mol. The molecular formula is C24H27FN4O. The van der Waals surface area contributed by atoms with Gasteiger partial charge in [0.1, 0.15) is 12.4 Å². The van der Waals surface area contributed by atoms with E-state index in [1.807, 2.05) is 44.7 Å². The van der Waals surface area contributed by atoms with Gasteiger partial charge in [0.2, 0.25) is 5.91 Å². The molecule has 0 unspecified atom stereocenters. The summed E-state index contributed by atoms with van der Waals surface area (Å²) in [5.74, 6) is -0.188. The molecule has 1 atom stereocenters. The van der Waals surface area contributed by atoms with E-state index in [2.05, 4.69) is 5.10 Å². The second-order valence-electron chi connectivity index (χ2n) is 8.13. The fraction of sp³-hybridized carbons (Fsp3) is 0.375. The zero-order valence-electron chi connectivity index (χ0n) is 17.9. The van der Waals surface area contributed by atoms with Gasteiger partial charge < -0.3 is 4.90 Å². The molecule has 0 saturated carbocycles. The van der Waals surface area contributed by atoms with Crippen LogP contribution in [0.1, 0.15) is 47.2 Å². The number of aryl methyl sites for hydroxylation is 2. The van der Waals surface area contributed by atoms with E-state index in [0.29, 0.717) is 0 Å². The van der Waals surface area contributed by atoms with Crippen molar-refractivity contribution in [3.05, 3.63) is 70.6 Å². The molecule has 6 heteroatoms. The molecule has 3 aromatic rings. The van der Waals surface area contributed by atoms with E-state index in [0.717, 1.165) is 58.9 Å². The molecule has 1 amide bonds. The van der Waals surface area contributed by atoms with Gasteiger partial charge in [-0.05, 0) is 81.5 Å². The van der Waals surface area contributed by atoms with Crippen LogP contribution in [0.2, 0.25) is 0 Å². The van der Waals surface area contributed by atoms with Crippen LogP contribution < -0.4 is 0 Å². The first-order chi connectivity index (χ1) is 14.3. The van der Waals surface area contributed by atoms with Crippen LogP contribution in [0.5, 0.6) is 0 Å². The van der Waals surface area contributed by atoms with E-state index in [-0.39, 0.29) is 24.3 Å². The van der Waals surface area contributed by atoms with Crippen molar-refractivity contribution in [2.45, 2.75) is 53.1 Å². The summed E-state index contributed by atoms with van der Waals surface area (Å²) in [5.41, 5.74) is 6.84. The summed E-state index contributed by atoms with van der Waals surface area (Å²) in [6.07, 6.45) is 1.84. The van der Waals surface area contributed by atoms with Gasteiger partial charge in [0, 0.05) is 17.9 Å². The van der Waals surface area contributed by atoms with Gasteiger partial charge in [0.25, 0.3) is 0 Å². The van der Waals surface area contributed by atoms with Gasteiger partial charge in [-0.2, -0.15) is 5.10 Å². The summed E-state index contributed by atoms with van der Waals surface area (Å²) in [6, 6.07) is 10.5. The molecule has 5 nitrogen and oxygen atoms in total. The number of likely N-dealkylation sites (tertiary alicyclic amines) is 1. The predicted octanol–water partition coefficient (Wildman–Crippen LogP) is 4.68. The molecule has 1 saturated heterocycles. The fourth-order valence-corrected chi connectivity index (χ4v) is 4.21. The van der Waals surface area contributed by atoms with Crippen molar-refractivity contribution in [2.75, 3.05) is 6.54 Å². The van der Waals surface area contributed by atoms with Crippen LogP contribution in [0.15, 0.2) is 36.4 Å². The first kappa shape index (κ1) is 20.3. The standard InChI is InChI=1S/C24H27FN4O/c1-15-12-20(19-7-9-21(25)10-8-19)13-22(26-15)23-6-5-11-28(23)24(30)14-29-18(4)16(2)17(3)27-29/h7-10,12-13,23H,5-6,11,14H2,1-4H3/t23-/m1/s1. The molecule has 0 N–H and O–H groups in total. The topological polar surface area (TPSA) is 51.0 Å². The molecule has 1 aliphatic heterocycles. The Bertz CT molecular complexity index is 1090. The SMILES string of the molecule is Cc1cc(-c2ccc(F)cc2)cc([C@H]2CCCN2C(=O)Cn2nc(C)c(C)c2C)n1. The fourth-order valence-electron chi connectivity index (χ4n) is 4.21. The highest BCUT2D eigenvalue weighted by molar-refractivity contribution is 5.77. The Morgan fingerprint density at radius 1 is 1.10 bits per heavy atom. The van der Waals surface area contributed by atoms with Gasteiger partial charge >= 0.3 is 0 Å². The van der Waals surface area contributed by atoms with E-state index in [1.165, 1.54) is 12.1 Å². The van der Waals surface area contributed by atoms with Gasteiger partial charge in [-0.25, -0.2) is 4.39 Å². The zero-order valence-corrected chi connectivity index (χ0v) is 17.9. The molecule has 2 aromatic heterocycles. The van der Waals surface area contributed by atoms with Crippen molar-refractivity contribution >= 4 is 5.91 Å². The van der Waals surface area contributed by atoms with E-state index in [1.54, 1.807) is 16.8 Å². The van der Waals surface area contributed by atoms with Crippen LogP contribution in [0.3, 0.4) is 0 Å². The third-order valence-corrected chi connectivity index (χ3v) is 6.09. The number of nitrogens with zero attached hydrogens (tertiary/aromatic N) is 4. The van der Waals surface area contributed by atoms with Gasteiger partial charge in [-0.15, -0.1) is 0 Å². The molecule has 156 valence electrons. The predicted molar refractivity (Wildman–Crippen MR) is 114 cm³/mol. The number of amides is 1.